The number of amides is 2. The van der Waals surface area contributed by atoms with Gasteiger partial charge < -0.3 is 4.74 Å². The van der Waals surface area contributed by atoms with E-state index in [0.717, 1.165) is 19.4 Å². The topological polar surface area (TPSA) is 49.9 Å². The Balaban J connectivity index is 1.80. The molecule has 2 aliphatic rings. The Bertz CT molecular complexity index is 342. The molecular weight excluding hydrogens is 194 g/mol. The average molecular weight is 209 g/mol. The molecule has 0 radical (unpaired) electrons. The van der Waals surface area contributed by atoms with Gasteiger partial charge in [-0.05, 0) is 26.7 Å². The van der Waals surface area contributed by atoms with Crippen LogP contribution in [0.1, 0.15) is 26.7 Å². The number of nitrogens with zero attached hydrogens (tertiary/aromatic N) is 1. The van der Waals surface area contributed by atoms with Gasteiger partial charge in [-0.1, -0.05) is 0 Å². The quantitative estimate of drug-likeness (QED) is 0.510. The lowest BCUT2D eigenvalue weighted by molar-refractivity contribution is -0.137. The van der Waals surface area contributed by atoms with E-state index in [-0.39, 0.29) is 17.4 Å². The number of ether oxygens (including phenoxy) is 1. The average Bonchev–Trinajstić information content (AvgIpc) is 2.84. The number of imide groups is 1. The fourth-order valence-corrected chi connectivity index (χ4v) is 1.73. The Hall–Kier alpha value is -1.16. The van der Waals surface area contributed by atoms with Gasteiger partial charge in [0.05, 0.1) is 12.2 Å². The number of carbonyl (C=O) groups excluding carboxylic acids is 2. The van der Waals surface area contributed by atoms with Gasteiger partial charge in [0.2, 0.25) is 0 Å². The maximum atomic E-state index is 11.5. The summed E-state index contributed by atoms with van der Waals surface area (Å²) < 4.78 is 5.23. The Morgan fingerprint density at radius 1 is 1.53 bits per heavy atom. The summed E-state index contributed by atoms with van der Waals surface area (Å²) in [5.74, 6) is -0.332. The Morgan fingerprint density at radius 3 is 2.67 bits per heavy atom. The van der Waals surface area contributed by atoms with Crippen LogP contribution in [-0.4, -0.2) is 35.5 Å². The molecule has 0 aromatic rings. The Labute approximate surface area is 88.9 Å². The second kappa shape index (κ2) is 3.45. The highest BCUT2D eigenvalue weighted by atomic mass is 16.6. The minimum Gasteiger partial charge on any atom is -0.370 e. The van der Waals surface area contributed by atoms with E-state index in [4.69, 9.17) is 4.74 Å². The van der Waals surface area contributed by atoms with E-state index in [0.29, 0.717) is 12.1 Å². The van der Waals surface area contributed by atoms with E-state index in [1.54, 1.807) is 6.92 Å². The lowest BCUT2D eigenvalue weighted by atomic mass is 10.1. The summed E-state index contributed by atoms with van der Waals surface area (Å²) in [6.07, 6.45) is 3.12. The Morgan fingerprint density at radius 2 is 2.20 bits per heavy atom. The molecule has 4 heteroatoms. The van der Waals surface area contributed by atoms with E-state index in [9.17, 15) is 9.59 Å². The molecule has 0 aliphatic carbocycles. The van der Waals surface area contributed by atoms with E-state index in [1.165, 1.54) is 11.0 Å². The molecule has 15 heavy (non-hydrogen) atoms. The van der Waals surface area contributed by atoms with Crippen molar-refractivity contribution >= 4 is 11.8 Å². The van der Waals surface area contributed by atoms with E-state index in [2.05, 4.69) is 0 Å². The minimum atomic E-state index is -0.181. The van der Waals surface area contributed by atoms with Gasteiger partial charge in [-0.15, -0.1) is 0 Å². The molecule has 1 fully saturated rings. The van der Waals surface area contributed by atoms with Gasteiger partial charge in [0.15, 0.2) is 0 Å². The highest BCUT2D eigenvalue weighted by Gasteiger charge is 2.39. The predicted octanol–water partition coefficient (Wildman–Crippen LogP) is 0.871. The first-order valence-electron chi connectivity index (χ1n) is 5.20. The first-order chi connectivity index (χ1) is 7.02. The van der Waals surface area contributed by atoms with E-state index in [1.807, 2.05) is 6.92 Å². The summed E-state index contributed by atoms with van der Waals surface area (Å²) in [4.78, 5) is 24.2. The fourth-order valence-electron chi connectivity index (χ4n) is 1.73. The van der Waals surface area contributed by atoms with Crippen LogP contribution in [0.15, 0.2) is 11.6 Å². The molecule has 1 saturated heterocycles. The molecule has 2 rings (SSSR count). The molecule has 4 nitrogen and oxygen atoms in total. The van der Waals surface area contributed by atoms with Gasteiger partial charge in [0, 0.05) is 18.2 Å². The van der Waals surface area contributed by atoms with Crippen molar-refractivity contribution in [2.45, 2.75) is 32.3 Å². The van der Waals surface area contributed by atoms with Crippen molar-refractivity contribution < 1.29 is 14.3 Å². The molecule has 2 heterocycles. The normalized spacial score (nSPS) is 29.7. The molecule has 0 aromatic heterocycles. The van der Waals surface area contributed by atoms with E-state index >= 15 is 0 Å². The molecule has 0 N–H and O–H groups in total. The second-order valence-corrected chi connectivity index (χ2v) is 4.46. The number of rotatable bonds is 4. The number of hydrogen-bond acceptors (Lipinski definition) is 3. The third-order valence-electron chi connectivity index (χ3n) is 2.91. The summed E-state index contributed by atoms with van der Waals surface area (Å²) >= 11 is 0. The van der Waals surface area contributed by atoms with Gasteiger partial charge in [-0.25, -0.2) is 0 Å². The summed E-state index contributed by atoms with van der Waals surface area (Å²) in [5.41, 5.74) is 0.544. The van der Waals surface area contributed by atoms with Crippen LogP contribution in [0, 0.1) is 0 Å². The van der Waals surface area contributed by atoms with Crippen molar-refractivity contribution in [3.05, 3.63) is 11.6 Å². The first kappa shape index (κ1) is 10.4. The van der Waals surface area contributed by atoms with Crippen LogP contribution in [0.2, 0.25) is 0 Å². The maximum Gasteiger partial charge on any atom is 0.256 e. The minimum absolute atomic E-state index is 0.00823. The molecule has 82 valence electrons. The van der Waals surface area contributed by atoms with Gasteiger partial charge >= 0.3 is 0 Å². The molecular formula is C11H15NO3. The van der Waals surface area contributed by atoms with Gasteiger partial charge in [-0.3, -0.25) is 14.5 Å². The zero-order valence-electron chi connectivity index (χ0n) is 9.08. The van der Waals surface area contributed by atoms with Crippen molar-refractivity contribution in [1.29, 1.82) is 0 Å². The highest BCUT2D eigenvalue weighted by molar-refractivity contribution is 6.15. The molecule has 2 aliphatic heterocycles. The van der Waals surface area contributed by atoms with Crippen LogP contribution in [-0.2, 0) is 14.3 Å². The summed E-state index contributed by atoms with van der Waals surface area (Å²) in [6, 6.07) is 0. The van der Waals surface area contributed by atoms with Crippen LogP contribution in [0.3, 0.4) is 0 Å². The van der Waals surface area contributed by atoms with Crippen molar-refractivity contribution in [2.24, 2.45) is 0 Å². The maximum absolute atomic E-state index is 11.5. The molecule has 1 atom stereocenters. The van der Waals surface area contributed by atoms with Crippen LogP contribution in [0.5, 0.6) is 0 Å². The number of epoxide rings is 1. The van der Waals surface area contributed by atoms with Crippen LogP contribution in [0.4, 0.5) is 0 Å². The van der Waals surface area contributed by atoms with Crippen LogP contribution >= 0.6 is 0 Å². The van der Waals surface area contributed by atoms with Crippen molar-refractivity contribution in [1.82, 2.24) is 4.90 Å². The lowest BCUT2D eigenvalue weighted by Gasteiger charge is -2.14. The van der Waals surface area contributed by atoms with E-state index < -0.39 is 0 Å². The second-order valence-electron chi connectivity index (χ2n) is 4.46. The molecule has 1 unspecified atom stereocenters. The molecule has 0 saturated carbocycles. The zero-order valence-corrected chi connectivity index (χ0v) is 9.08. The SMILES string of the molecule is CC1=CC(=O)N(CCCC2(C)CO2)C1=O. The molecule has 2 amide bonds. The van der Waals surface area contributed by atoms with Crippen LogP contribution in [0.25, 0.3) is 0 Å². The smallest absolute Gasteiger partial charge is 0.256 e. The van der Waals surface area contributed by atoms with Crippen molar-refractivity contribution in [3.63, 3.8) is 0 Å². The molecule has 0 spiro atoms. The number of carbonyl (C=O) groups is 2. The lowest BCUT2D eigenvalue weighted by Crippen LogP contribution is -2.32. The largest absolute Gasteiger partial charge is 0.370 e. The van der Waals surface area contributed by atoms with Crippen molar-refractivity contribution in [3.8, 4) is 0 Å². The summed E-state index contributed by atoms with van der Waals surface area (Å²) in [6.45, 7) is 5.02. The molecule has 0 aromatic carbocycles. The van der Waals surface area contributed by atoms with Crippen LogP contribution < -0.4 is 0 Å². The molecule has 0 bridgehead atoms. The predicted molar refractivity (Wildman–Crippen MR) is 54.1 cm³/mol. The van der Waals surface area contributed by atoms with Gasteiger partial charge in [-0.2, -0.15) is 0 Å². The highest BCUT2D eigenvalue weighted by Crippen LogP contribution is 2.31. The summed E-state index contributed by atoms with van der Waals surface area (Å²) in [7, 11) is 0. The number of hydrogen-bond donors (Lipinski definition) is 0. The monoisotopic (exact) mass is 209 g/mol. The van der Waals surface area contributed by atoms with Gasteiger partial charge in [0.25, 0.3) is 11.8 Å². The third kappa shape index (κ3) is 2.09. The zero-order chi connectivity index (χ0) is 11.1. The summed E-state index contributed by atoms with van der Waals surface area (Å²) in [5, 5.41) is 0. The standard InChI is InChI=1S/C11H15NO3/c1-8-6-9(13)12(10(8)14)5-3-4-11(2)7-15-11/h6H,3-5,7H2,1-2H3. The van der Waals surface area contributed by atoms with Crippen molar-refractivity contribution in [2.75, 3.05) is 13.2 Å². The fraction of sp³-hybridized carbons (Fsp3) is 0.636. The third-order valence-corrected chi connectivity index (χ3v) is 2.91. The first-order valence-corrected chi connectivity index (χ1v) is 5.20. The van der Waals surface area contributed by atoms with Gasteiger partial charge in [0.1, 0.15) is 0 Å². The Kier molecular flexibility index (Phi) is 2.38.